The minimum absolute atomic E-state index is 0.217. The van der Waals surface area contributed by atoms with Crippen molar-refractivity contribution < 1.29 is 51.2 Å². The number of hydrogen-bond donors (Lipinski definition) is 1. The largest absolute Gasteiger partial charge is 0.476 e. The van der Waals surface area contributed by atoms with Gasteiger partial charge in [-0.05, 0) is 173 Å². The number of imidazole rings is 3. The Morgan fingerprint density at radius 2 is 0.912 bits per heavy atom. The van der Waals surface area contributed by atoms with Gasteiger partial charge in [-0.2, -0.15) is 9.97 Å². The van der Waals surface area contributed by atoms with Gasteiger partial charge in [0.25, 0.3) is 0 Å². The van der Waals surface area contributed by atoms with Gasteiger partial charge in [0.15, 0.2) is 17.5 Å². The molecule has 14 heterocycles. The lowest BCUT2D eigenvalue weighted by atomic mass is 9.93. The minimum atomic E-state index is -0.535. The van der Waals surface area contributed by atoms with Crippen molar-refractivity contribution in [2.75, 3.05) is 118 Å². The van der Waals surface area contributed by atoms with Crippen molar-refractivity contribution in [3.05, 3.63) is 131 Å². The Balaban J connectivity index is 0.000000146. The summed E-state index contributed by atoms with van der Waals surface area (Å²) in [5.41, 5.74) is 5.14. The van der Waals surface area contributed by atoms with Gasteiger partial charge in [-0.25, -0.2) is 57.6 Å². The van der Waals surface area contributed by atoms with Gasteiger partial charge >= 0.3 is 12.2 Å². The average Bonchev–Trinajstić information content (AvgIpc) is 1.62. The molecule has 0 radical (unpaired) electrons. The first-order valence-corrected chi connectivity index (χ1v) is 35.7. The standard InChI is InChI=1S/C28H37FN6O4.C23H29FN6O2.C22H25ClFN5O2/c1-28(2,3)39-27(36)34-8-4-5-20(18-34)15-22-16-25(38-14-11-33-9-12-37-13-10-33)32-26(31-22)23-17-30-24-7-6-21(29)19-35(23)24;24-18-3-4-21-26-15-20(30(21)16-18)23-27-19(12-17-2-1-5-25-14-17)13-22(28-23)32-11-8-29-6-9-31-10-7-29;1-22(2,3)31-21(30)28-8-4-5-14(12-28)9-16-10-18(23)27-20(26-16)17-11-25-19-7-6-15(24)13-29(17)19/h6-7,16-17,19-20H,4-5,8-15,18H2,1-3H3;3-4,13,15-17,25H,1-2,5-12,14H2;6-7,10-11,13-14H,4-5,8-9,12H2,1-3H3/t20-;17-;14-/m000/s1. The molecule has 5 aliphatic heterocycles. The molecule has 9 aromatic rings. The van der Waals surface area contributed by atoms with Crippen LogP contribution < -0.4 is 14.8 Å². The Morgan fingerprint density at radius 3 is 1.31 bits per heavy atom. The zero-order chi connectivity index (χ0) is 71.3. The van der Waals surface area contributed by atoms with Crippen LogP contribution in [0.15, 0.2) is 91.8 Å². The van der Waals surface area contributed by atoms with Crippen LogP contribution in [0, 0.1) is 35.2 Å². The van der Waals surface area contributed by atoms with Gasteiger partial charge in [0.2, 0.25) is 11.8 Å². The lowest BCUT2D eigenvalue weighted by Gasteiger charge is -2.34. The molecule has 0 aliphatic carbocycles. The van der Waals surface area contributed by atoms with Gasteiger partial charge < -0.3 is 43.5 Å². The van der Waals surface area contributed by atoms with Crippen molar-refractivity contribution in [3.8, 4) is 46.3 Å². The number of morpholine rings is 2. The molecular formula is C73H91ClF3N17O8. The maximum Gasteiger partial charge on any atom is 0.410 e. The summed E-state index contributed by atoms with van der Waals surface area (Å²) in [6.45, 7) is 25.1. The maximum atomic E-state index is 14.1. The molecule has 5 saturated heterocycles. The Bertz CT molecular complexity index is 4300. The van der Waals surface area contributed by atoms with Crippen LogP contribution in [0.1, 0.15) is 97.1 Å². The van der Waals surface area contributed by atoms with Crippen molar-refractivity contribution in [2.45, 2.75) is 111 Å². The number of aromatic nitrogens is 12. The summed E-state index contributed by atoms with van der Waals surface area (Å²) < 4.78 is 80.7. The normalized spacial score (nSPS) is 18.7. The highest BCUT2D eigenvalue weighted by Crippen LogP contribution is 2.30. The highest BCUT2D eigenvalue weighted by Gasteiger charge is 2.31. The van der Waals surface area contributed by atoms with Gasteiger partial charge in [-0.15, -0.1) is 0 Å². The Hall–Kier alpha value is -8.67. The molecule has 14 rings (SSSR count). The fourth-order valence-corrected chi connectivity index (χ4v) is 13.4. The number of nitrogens with one attached hydrogen (secondary N) is 1. The number of halogens is 4. The molecule has 0 aromatic carbocycles. The molecule has 0 saturated carbocycles. The lowest BCUT2D eigenvalue weighted by Crippen LogP contribution is -2.43. The second kappa shape index (κ2) is 33.6. The number of ether oxygens (including phenoxy) is 6. The smallest absolute Gasteiger partial charge is 0.410 e. The third-order valence-electron chi connectivity index (χ3n) is 18.1. The average molecular weight is 1430 g/mol. The Labute approximate surface area is 596 Å². The summed E-state index contributed by atoms with van der Waals surface area (Å²) in [6.07, 6.45) is 16.8. The molecule has 0 unspecified atom stereocenters. The number of rotatable bonds is 17. The van der Waals surface area contributed by atoms with Crippen LogP contribution in [0.5, 0.6) is 11.8 Å². The summed E-state index contributed by atoms with van der Waals surface area (Å²) in [5.74, 6) is 2.24. The first-order chi connectivity index (χ1) is 49.1. The van der Waals surface area contributed by atoms with E-state index in [9.17, 15) is 22.8 Å². The molecule has 25 nitrogen and oxygen atoms in total. The number of hydrogen-bond acceptors (Lipinski definition) is 20. The van der Waals surface area contributed by atoms with Crippen LogP contribution in [0.2, 0.25) is 5.15 Å². The molecule has 544 valence electrons. The van der Waals surface area contributed by atoms with Crippen molar-refractivity contribution >= 4 is 40.7 Å². The molecular weight excluding hydrogens is 1340 g/mol. The first-order valence-electron chi connectivity index (χ1n) is 35.4. The third kappa shape index (κ3) is 20.4. The summed E-state index contributed by atoms with van der Waals surface area (Å²) in [5, 5.41) is 3.78. The van der Waals surface area contributed by atoms with Crippen LogP contribution in [0.3, 0.4) is 0 Å². The third-order valence-corrected chi connectivity index (χ3v) is 18.3. The van der Waals surface area contributed by atoms with E-state index in [0.717, 1.165) is 128 Å². The predicted octanol–water partition coefficient (Wildman–Crippen LogP) is 10.8. The fourth-order valence-electron chi connectivity index (χ4n) is 13.2. The molecule has 29 heteroatoms. The van der Waals surface area contributed by atoms with E-state index in [0.29, 0.717) is 127 Å². The number of likely N-dealkylation sites (tertiary alicyclic amines) is 2. The minimum Gasteiger partial charge on any atom is -0.476 e. The predicted molar refractivity (Wildman–Crippen MR) is 377 cm³/mol. The van der Waals surface area contributed by atoms with Crippen LogP contribution in [0.25, 0.3) is 51.5 Å². The molecule has 102 heavy (non-hydrogen) atoms. The van der Waals surface area contributed by atoms with Crippen LogP contribution in [0.4, 0.5) is 22.8 Å². The van der Waals surface area contributed by atoms with Crippen molar-refractivity contribution in [2.24, 2.45) is 17.8 Å². The molecule has 5 fully saturated rings. The summed E-state index contributed by atoms with van der Waals surface area (Å²) >= 11 is 6.28. The number of carbonyl (C=O) groups is 2. The molecule has 3 atom stereocenters. The molecule has 0 bridgehead atoms. The number of fused-ring (bicyclic) bond motifs is 3. The van der Waals surface area contributed by atoms with E-state index in [-0.39, 0.29) is 41.5 Å². The zero-order valence-electron chi connectivity index (χ0n) is 58.9. The highest BCUT2D eigenvalue weighted by atomic mass is 35.5. The summed E-state index contributed by atoms with van der Waals surface area (Å²) in [4.78, 5) is 74.3. The highest BCUT2D eigenvalue weighted by molar-refractivity contribution is 6.29. The summed E-state index contributed by atoms with van der Waals surface area (Å²) in [6, 6.07) is 14.6. The van der Waals surface area contributed by atoms with Gasteiger partial charge in [0, 0.05) is 113 Å². The van der Waals surface area contributed by atoms with Gasteiger partial charge in [0.05, 0.1) is 45.0 Å². The van der Waals surface area contributed by atoms with Crippen molar-refractivity contribution in [3.63, 3.8) is 0 Å². The van der Waals surface area contributed by atoms with Crippen LogP contribution in [-0.4, -0.2) is 219 Å². The van der Waals surface area contributed by atoms with E-state index < -0.39 is 11.2 Å². The fraction of sp³-hybridized carbons (Fsp3) is 0.521. The van der Waals surface area contributed by atoms with E-state index in [1.165, 1.54) is 49.6 Å². The SMILES string of the molecule is CC(C)(C)OC(=O)N1CCC[C@@H](Cc2cc(Cl)nc(-c3cnc4ccc(F)cn34)n2)C1.CC(C)(C)OC(=O)N1CCC[C@@H](Cc2cc(OCCN3CCOCC3)nc(-c3cnc4ccc(F)cn34)n2)C1.Fc1ccc2ncc(-c3nc(C[C@@H]4CCCNC4)cc(OCCN4CCOCC4)n3)n2c1. The second-order valence-corrected chi connectivity index (χ2v) is 28.9. The molecule has 5 aliphatic rings. The molecule has 0 spiro atoms. The van der Waals surface area contributed by atoms with E-state index in [1.807, 2.05) is 53.7 Å². The monoisotopic (exact) mass is 1430 g/mol. The number of amides is 2. The van der Waals surface area contributed by atoms with Gasteiger partial charge in [-0.1, -0.05) is 11.6 Å². The lowest BCUT2D eigenvalue weighted by molar-refractivity contribution is 0.0156. The molecule has 9 aromatic heterocycles. The number of nitrogens with zero attached hydrogens (tertiary/aromatic N) is 16. The van der Waals surface area contributed by atoms with E-state index in [2.05, 4.69) is 50.0 Å². The maximum absolute atomic E-state index is 14.1. The number of piperidine rings is 3. The molecule has 1 N–H and O–H groups in total. The topological polar surface area (TPSA) is 244 Å². The van der Waals surface area contributed by atoms with Gasteiger partial charge in [0.1, 0.15) is 81.0 Å². The van der Waals surface area contributed by atoms with Crippen LogP contribution >= 0.6 is 11.6 Å². The van der Waals surface area contributed by atoms with E-state index in [4.69, 9.17) is 50.0 Å². The number of carbonyl (C=O) groups excluding carboxylic acids is 2. The Morgan fingerprint density at radius 1 is 0.520 bits per heavy atom. The van der Waals surface area contributed by atoms with Crippen LogP contribution in [-0.2, 0) is 38.2 Å². The summed E-state index contributed by atoms with van der Waals surface area (Å²) in [7, 11) is 0. The number of pyridine rings is 3. The Kier molecular flexibility index (Phi) is 24.1. The van der Waals surface area contributed by atoms with Gasteiger partial charge in [-0.3, -0.25) is 23.0 Å². The van der Waals surface area contributed by atoms with E-state index >= 15 is 0 Å². The quantitative estimate of drug-likeness (QED) is 0.0833. The second-order valence-electron chi connectivity index (χ2n) is 28.5. The first kappa shape index (κ1) is 73.1. The molecule has 2 amide bonds. The zero-order valence-corrected chi connectivity index (χ0v) is 59.7. The van der Waals surface area contributed by atoms with Crippen molar-refractivity contribution in [1.82, 2.24) is 83.0 Å². The van der Waals surface area contributed by atoms with Crippen molar-refractivity contribution in [1.29, 1.82) is 0 Å². The van der Waals surface area contributed by atoms with E-state index in [1.54, 1.807) is 65.9 Å².